The minimum atomic E-state index is 0.0101. The van der Waals surface area contributed by atoms with E-state index < -0.39 is 0 Å². The Balaban J connectivity index is 2.38. The van der Waals surface area contributed by atoms with Gasteiger partial charge in [-0.05, 0) is 44.6 Å². The molecule has 2 rings (SSSR count). The Morgan fingerprint density at radius 3 is 2.70 bits per heavy atom. The molecule has 0 fully saturated rings. The van der Waals surface area contributed by atoms with Gasteiger partial charge in [0, 0.05) is 30.3 Å². The minimum absolute atomic E-state index is 0.0101. The number of nitrogens with one attached hydrogen (secondary N) is 1. The molecule has 1 heterocycles. The van der Waals surface area contributed by atoms with E-state index in [4.69, 9.17) is 15.6 Å². The molecule has 2 aromatic rings. The van der Waals surface area contributed by atoms with Gasteiger partial charge in [0.2, 0.25) is 5.95 Å². The van der Waals surface area contributed by atoms with Crippen LogP contribution in [0.3, 0.4) is 0 Å². The van der Waals surface area contributed by atoms with E-state index >= 15 is 0 Å². The Labute approximate surface area is 180 Å². The van der Waals surface area contributed by atoms with Crippen molar-refractivity contribution in [3.8, 4) is 5.75 Å². The van der Waals surface area contributed by atoms with E-state index in [2.05, 4.69) is 45.3 Å². The van der Waals surface area contributed by atoms with Crippen LogP contribution >= 0.6 is 0 Å². The summed E-state index contributed by atoms with van der Waals surface area (Å²) in [5.41, 5.74) is 10.0. The second-order valence-corrected chi connectivity index (χ2v) is 7.71. The predicted octanol–water partition coefficient (Wildman–Crippen LogP) is 3.16. The topological polar surface area (TPSA) is 96.5 Å². The average molecular weight is 414 g/mol. The van der Waals surface area contributed by atoms with Crippen LogP contribution in [0.1, 0.15) is 42.1 Å². The number of nitrogens with zero attached hydrogens (tertiary/aromatic N) is 3. The highest BCUT2D eigenvalue weighted by Crippen LogP contribution is 2.28. The molecule has 0 aliphatic carbocycles. The standard InChI is InChI=1S/C23H35N5O2/c1-6-8-19(9-7-12-29)26-22-20(16(2)25-23(24)27-22)14-18-11-10-17(15-28(3)4)13-21(18)30-5/h7,9-11,13,19,29H,6,8,12,14-15H2,1-5H3,(H3,24,25,26,27). The molecule has 1 aromatic carbocycles. The van der Waals surface area contributed by atoms with Crippen molar-refractivity contribution in [2.45, 2.75) is 45.7 Å². The van der Waals surface area contributed by atoms with Crippen LogP contribution in [0.15, 0.2) is 30.4 Å². The first-order chi connectivity index (χ1) is 14.4. The molecular weight excluding hydrogens is 378 g/mol. The van der Waals surface area contributed by atoms with E-state index in [9.17, 15) is 0 Å². The second-order valence-electron chi connectivity index (χ2n) is 7.71. The number of aliphatic hydroxyl groups is 1. The van der Waals surface area contributed by atoms with Gasteiger partial charge in [-0.2, -0.15) is 4.98 Å². The SMILES string of the molecule is CCCC(C=CCO)Nc1nc(N)nc(C)c1Cc1ccc(CN(C)C)cc1OC. The lowest BCUT2D eigenvalue weighted by Crippen LogP contribution is -2.20. The normalized spacial score (nSPS) is 12.5. The van der Waals surface area contributed by atoms with Crippen LogP contribution in [-0.4, -0.2) is 53.8 Å². The van der Waals surface area contributed by atoms with Crippen LogP contribution in [0.2, 0.25) is 0 Å². The third kappa shape index (κ3) is 6.71. The van der Waals surface area contributed by atoms with Crippen molar-refractivity contribution < 1.29 is 9.84 Å². The summed E-state index contributed by atoms with van der Waals surface area (Å²) in [6.07, 6.45) is 6.27. The number of aliphatic hydroxyl groups excluding tert-OH is 1. The Hall–Kier alpha value is -2.64. The molecule has 4 N–H and O–H groups in total. The number of nitrogen functional groups attached to an aromatic ring is 1. The molecule has 7 heteroatoms. The van der Waals surface area contributed by atoms with E-state index in [0.717, 1.165) is 47.8 Å². The van der Waals surface area contributed by atoms with Gasteiger partial charge in [0.25, 0.3) is 0 Å². The van der Waals surface area contributed by atoms with Crippen molar-refractivity contribution in [2.75, 3.05) is 38.9 Å². The maximum absolute atomic E-state index is 9.14. The number of methoxy groups -OCH3 is 1. The first-order valence-corrected chi connectivity index (χ1v) is 10.3. The maximum Gasteiger partial charge on any atom is 0.222 e. The van der Waals surface area contributed by atoms with Gasteiger partial charge in [-0.1, -0.05) is 37.6 Å². The van der Waals surface area contributed by atoms with E-state index in [1.807, 2.05) is 27.1 Å². The van der Waals surface area contributed by atoms with Crippen molar-refractivity contribution in [1.29, 1.82) is 0 Å². The van der Waals surface area contributed by atoms with Gasteiger partial charge in [0.15, 0.2) is 0 Å². The summed E-state index contributed by atoms with van der Waals surface area (Å²) >= 11 is 0. The van der Waals surface area contributed by atoms with Crippen molar-refractivity contribution in [1.82, 2.24) is 14.9 Å². The fourth-order valence-electron chi connectivity index (χ4n) is 3.47. The molecule has 0 saturated heterocycles. The number of hydrogen-bond acceptors (Lipinski definition) is 7. The number of rotatable bonds is 11. The summed E-state index contributed by atoms with van der Waals surface area (Å²) in [5.74, 6) is 1.82. The number of nitrogens with two attached hydrogens (primary N) is 1. The van der Waals surface area contributed by atoms with Crippen LogP contribution in [0, 0.1) is 6.92 Å². The summed E-state index contributed by atoms with van der Waals surface area (Å²) < 4.78 is 5.67. The fourth-order valence-corrected chi connectivity index (χ4v) is 3.47. The van der Waals surface area contributed by atoms with Gasteiger partial charge in [-0.3, -0.25) is 0 Å². The van der Waals surface area contributed by atoms with E-state index in [1.165, 1.54) is 5.56 Å². The van der Waals surface area contributed by atoms with Crippen LogP contribution in [-0.2, 0) is 13.0 Å². The number of aryl methyl sites for hydroxylation is 1. The predicted molar refractivity (Wildman–Crippen MR) is 123 cm³/mol. The van der Waals surface area contributed by atoms with Gasteiger partial charge in [0.1, 0.15) is 11.6 Å². The second kappa shape index (κ2) is 11.5. The minimum Gasteiger partial charge on any atom is -0.496 e. The lowest BCUT2D eigenvalue weighted by molar-refractivity contribution is 0.342. The highest BCUT2D eigenvalue weighted by atomic mass is 16.5. The van der Waals surface area contributed by atoms with Crippen molar-refractivity contribution in [2.24, 2.45) is 0 Å². The number of benzene rings is 1. The number of ether oxygens (including phenoxy) is 1. The quantitative estimate of drug-likeness (QED) is 0.487. The summed E-state index contributed by atoms with van der Waals surface area (Å²) in [6.45, 7) is 4.94. The Morgan fingerprint density at radius 1 is 1.30 bits per heavy atom. The zero-order valence-electron chi connectivity index (χ0n) is 18.8. The largest absolute Gasteiger partial charge is 0.496 e. The molecule has 0 aliphatic rings. The fraction of sp³-hybridized carbons (Fsp3) is 0.478. The molecule has 0 radical (unpaired) electrons. The lowest BCUT2D eigenvalue weighted by Gasteiger charge is -2.20. The van der Waals surface area contributed by atoms with E-state index in [-0.39, 0.29) is 18.6 Å². The smallest absolute Gasteiger partial charge is 0.222 e. The van der Waals surface area contributed by atoms with Gasteiger partial charge in [-0.25, -0.2) is 4.98 Å². The molecular formula is C23H35N5O2. The summed E-state index contributed by atoms with van der Waals surface area (Å²) in [4.78, 5) is 11.0. The Bertz CT molecular complexity index is 852. The molecule has 0 amide bonds. The van der Waals surface area contributed by atoms with Gasteiger partial charge in [-0.15, -0.1) is 0 Å². The lowest BCUT2D eigenvalue weighted by atomic mass is 10.0. The van der Waals surface area contributed by atoms with Gasteiger partial charge < -0.3 is 25.8 Å². The molecule has 7 nitrogen and oxygen atoms in total. The third-order valence-electron chi connectivity index (χ3n) is 4.84. The van der Waals surface area contributed by atoms with Crippen molar-refractivity contribution in [3.63, 3.8) is 0 Å². The number of hydrogen-bond donors (Lipinski definition) is 3. The zero-order valence-corrected chi connectivity index (χ0v) is 18.8. The average Bonchev–Trinajstić information content (AvgIpc) is 2.69. The van der Waals surface area contributed by atoms with E-state index in [1.54, 1.807) is 13.2 Å². The molecule has 30 heavy (non-hydrogen) atoms. The number of anilines is 2. The third-order valence-corrected chi connectivity index (χ3v) is 4.84. The molecule has 0 saturated carbocycles. The van der Waals surface area contributed by atoms with Crippen LogP contribution in [0.25, 0.3) is 0 Å². The van der Waals surface area contributed by atoms with E-state index in [0.29, 0.717) is 6.42 Å². The Kier molecular flexibility index (Phi) is 9.08. The van der Waals surface area contributed by atoms with Crippen molar-refractivity contribution >= 4 is 11.8 Å². The molecule has 0 aliphatic heterocycles. The monoisotopic (exact) mass is 413 g/mol. The molecule has 1 unspecified atom stereocenters. The molecule has 0 spiro atoms. The first kappa shape index (κ1) is 23.6. The van der Waals surface area contributed by atoms with Crippen LogP contribution in [0.5, 0.6) is 5.75 Å². The maximum atomic E-state index is 9.14. The molecule has 1 atom stereocenters. The van der Waals surface area contributed by atoms with Gasteiger partial charge in [0.05, 0.1) is 13.7 Å². The molecule has 1 aromatic heterocycles. The zero-order chi connectivity index (χ0) is 22.1. The number of aromatic nitrogens is 2. The van der Waals surface area contributed by atoms with Crippen LogP contribution < -0.4 is 15.8 Å². The summed E-state index contributed by atoms with van der Waals surface area (Å²) in [5, 5.41) is 12.6. The molecule has 164 valence electrons. The van der Waals surface area contributed by atoms with Crippen LogP contribution in [0.4, 0.5) is 11.8 Å². The highest BCUT2D eigenvalue weighted by Gasteiger charge is 2.16. The van der Waals surface area contributed by atoms with Gasteiger partial charge >= 0.3 is 0 Å². The van der Waals surface area contributed by atoms with Crippen molar-refractivity contribution in [3.05, 3.63) is 52.7 Å². The molecule has 0 bridgehead atoms. The highest BCUT2D eigenvalue weighted by molar-refractivity contribution is 5.54. The summed E-state index contributed by atoms with van der Waals surface area (Å²) in [7, 11) is 5.79. The first-order valence-electron chi connectivity index (χ1n) is 10.3. The Morgan fingerprint density at radius 2 is 2.07 bits per heavy atom. The summed E-state index contributed by atoms with van der Waals surface area (Å²) in [6, 6.07) is 6.37.